The summed E-state index contributed by atoms with van der Waals surface area (Å²) in [7, 11) is 0. The zero-order valence-corrected chi connectivity index (χ0v) is 14.8. The molecule has 1 unspecified atom stereocenters. The van der Waals surface area contributed by atoms with Crippen LogP contribution in [-0.4, -0.2) is 49.3 Å². The summed E-state index contributed by atoms with van der Waals surface area (Å²) in [6.45, 7) is 21.1. The third-order valence-electron chi connectivity index (χ3n) is 4.05. The zero-order chi connectivity index (χ0) is 15.4. The maximum atomic E-state index is 5.74. The first-order chi connectivity index (χ1) is 9.14. The number of hydrogen-bond acceptors (Lipinski definition) is 3. The average molecular weight is 284 g/mol. The zero-order valence-electron chi connectivity index (χ0n) is 14.8. The first kappa shape index (κ1) is 17.9. The molecule has 0 aromatic heterocycles. The molecule has 0 amide bonds. The summed E-state index contributed by atoms with van der Waals surface area (Å²) in [6.07, 6.45) is 1.18. The van der Waals surface area contributed by atoms with E-state index in [1.165, 1.54) is 13.0 Å². The van der Waals surface area contributed by atoms with E-state index in [-0.39, 0.29) is 11.0 Å². The smallest absolute Gasteiger partial charge is 0.0547 e. The Balaban J connectivity index is 2.68. The van der Waals surface area contributed by atoms with Crippen molar-refractivity contribution in [2.45, 2.75) is 66.5 Å². The Labute approximate surface area is 126 Å². The molecule has 0 spiro atoms. The Morgan fingerprint density at radius 3 is 2.25 bits per heavy atom. The van der Waals surface area contributed by atoms with Crippen molar-refractivity contribution in [1.29, 1.82) is 0 Å². The Bertz CT molecular complexity index is 275. The minimum absolute atomic E-state index is 0.177. The predicted molar refractivity (Wildman–Crippen MR) is 87.2 cm³/mol. The molecule has 0 aromatic carbocycles. The third-order valence-corrected chi connectivity index (χ3v) is 4.05. The summed E-state index contributed by atoms with van der Waals surface area (Å²) in [6, 6.07) is 0.601. The van der Waals surface area contributed by atoms with Crippen molar-refractivity contribution in [2.75, 3.05) is 32.8 Å². The summed E-state index contributed by atoms with van der Waals surface area (Å²) in [5.74, 6) is 0.715. The van der Waals surface area contributed by atoms with E-state index in [9.17, 15) is 0 Å². The van der Waals surface area contributed by atoms with Crippen molar-refractivity contribution < 1.29 is 4.74 Å². The van der Waals surface area contributed by atoms with Crippen molar-refractivity contribution in [3.8, 4) is 0 Å². The highest BCUT2D eigenvalue weighted by atomic mass is 16.5. The minimum Gasteiger partial charge on any atom is -0.381 e. The van der Waals surface area contributed by atoms with Crippen LogP contribution in [0.15, 0.2) is 0 Å². The van der Waals surface area contributed by atoms with Crippen LogP contribution in [0.4, 0.5) is 0 Å². The van der Waals surface area contributed by atoms with E-state index in [1.807, 2.05) is 0 Å². The van der Waals surface area contributed by atoms with Gasteiger partial charge in [-0.25, -0.2) is 0 Å². The average Bonchev–Trinajstić information content (AvgIpc) is 2.73. The van der Waals surface area contributed by atoms with Gasteiger partial charge in [0.2, 0.25) is 0 Å². The van der Waals surface area contributed by atoms with Gasteiger partial charge < -0.3 is 10.1 Å². The van der Waals surface area contributed by atoms with Gasteiger partial charge in [0.15, 0.2) is 0 Å². The Morgan fingerprint density at radius 1 is 1.20 bits per heavy atom. The van der Waals surface area contributed by atoms with E-state index in [4.69, 9.17) is 4.74 Å². The van der Waals surface area contributed by atoms with E-state index in [2.05, 4.69) is 58.7 Å². The first-order valence-corrected chi connectivity index (χ1v) is 8.20. The summed E-state index contributed by atoms with van der Waals surface area (Å²) in [4.78, 5) is 2.63. The fraction of sp³-hybridized carbons (Fsp3) is 1.00. The van der Waals surface area contributed by atoms with E-state index in [0.717, 1.165) is 26.3 Å². The molecular formula is C17H36N2O. The van der Waals surface area contributed by atoms with Crippen LogP contribution in [0.1, 0.15) is 54.9 Å². The lowest BCUT2D eigenvalue weighted by Gasteiger charge is -2.39. The normalized spacial score (nSPS) is 24.3. The number of nitrogens with one attached hydrogen (secondary N) is 1. The van der Waals surface area contributed by atoms with Crippen LogP contribution in [0.5, 0.6) is 0 Å². The Hall–Kier alpha value is -0.120. The lowest BCUT2D eigenvalue weighted by Crippen LogP contribution is -2.51. The fourth-order valence-corrected chi connectivity index (χ4v) is 2.78. The quantitative estimate of drug-likeness (QED) is 0.777. The van der Waals surface area contributed by atoms with Crippen LogP contribution in [0.25, 0.3) is 0 Å². The van der Waals surface area contributed by atoms with Gasteiger partial charge in [-0.1, -0.05) is 13.8 Å². The van der Waals surface area contributed by atoms with Crippen LogP contribution in [0.2, 0.25) is 0 Å². The molecule has 1 fully saturated rings. The highest BCUT2D eigenvalue weighted by Crippen LogP contribution is 2.30. The Kier molecular flexibility index (Phi) is 6.49. The van der Waals surface area contributed by atoms with Gasteiger partial charge in [0.1, 0.15) is 0 Å². The topological polar surface area (TPSA) is 24.5 Å². The van der Waals surface area contributed by atoms with Gasteiger partial charge in [0.05, 0.1) is 6.61 Å². The molecule has 1 aliphatic rings. The molecule has 3 nitrogen and oxygen atoms in total. The number of nitrogens with zero attached hydrogens (tertiary/aromatic N) is 1. The molecule has 1 N–H and O–H groups in total. The molecule has 0 radical (unpaired) electrons. The van der Waals surface area contributed by atoms with Crippen LogP contribution in [0.3, 0.4) is 0 Å². The van der Waals surface area contributed by atoms with Crippen molar-refractivity contribution in [3.63, 3.8) is 0 Å². The van der Waals surface area contributed by atoms with Gasteiger partial charge in [0.25, 0.3) is 0 Å². The molecule has 1 heterocycles. The van der Waals surface area contributed by atoms with Crippen LogP contribution < -0.4 is 5.32 Å². The van der Waals surface area contributed by atoms with Crippen LogP contribution in [-0.2, 0) is 4.74 Å². The molecule has 0 bridgehead atoms. The molecule has 3 heteroatoms. The van der Waals surface area contributed by atoms with Crippen molar-refractivity contribution >= 4 is 0 Å². The second-order valence-corrected chi connectivity index (χ2v) is 8.32. The summed E-state index contributed by atoms with van der Waals surface area (Å²) in [5.41, 5.74) is 0.461. The van der Waals surface area contributed by atoms with E-state index in [1.54, 1.807) is 0 Å². The number of hydrogen-bond donors (Lipinski definition) is 1. The van der Waals surface area contributed by atoms with Crippen molar-refractivity contribution in [3.05, 3.63) is 0 Å². The van der Waals surface area contributed by atoms with Gasteiger partial charge in [-0.3, -0.25) is 4.90 Å². The standard InChI is InChI=1S/C17H36N2O/c1-14(2)10-19(15(3)4)12-17(8-9-20-13-17)11-18-16(5,6)7/h14-15,18H,8-13H2,1-7H3. The maximum absolute atomic E-state index is 5.74. The lowest BCUT2D eigenvalue weighted by molar-refractivity contribution is 0.0811. The fourth-order valence-electron chi connectivity index (χ4n) is 2.78. The van der Waals surface area contributed by atoms with Crippen LogP contribution >= 0.6 is 0 Å². The minimum atomic E-state index is 0.177. The molecule has 0 saturated carbocycles. The molecule has 120 valence electrons. The van der Waals surface area contributed by atoms with Gasteiger partial charge >= 0.3 is 0 Å². The third kappa shape index (κ3) is 6.11. The molecule has 0 aromatic rings. The lowest BCUT2D eigenvalue weighted by atomic mass is 9.85. The van der Waals surface area contributed by atoms with Gasteiger partial charge in [-0.15, -0.1) is 0 Å². The Morgan fingerprint density at radius 2 is 1.85 bits per heavy atom. The predicted octanol–water partition coefficient (Wildman–Crippen LogP) is 3.15. The molecule has 20 heavy (non-hydrogen) atoms. The molecule has 1 aliphatic heterocycles. The second kappa shape index (κ2) is 7.24. The highest BCUT2D eigenvalue weighted by Gasteiger charge is 2.37. The molecule has 1 rings (SSSR count). The van der Waals surface area contributed by atoms with E-state index >= 15 is 0 Å². The molecule has 1 atom stereocenters. The molecule has 1 saturated heterocycles. The summed E-state index contributed by atoms with van der Waals surface area (Å²) in [5, 5.41) is 3.70. The van der Waals surface area contributed by atoms with Gasteiger partial charge in [-0.2, -0.15) is 0 Å². The molecular weight excluding hydrogens is 248 g/mol. The van der Waals surface area contributed by atoms with Gasteiger partial charge in [0, 0.05) is 43.2 Å². The summed E-state index contributed by atoms with van der Waals surface area (Å²) < 4.78 is 5.74. The molecule has 0 aliphatic carbocycles. The van der Waals surface area contributed by atoms with Crippen molar-refractivity contribution in [1.82, 2.24) is 10.2 Å². The van der Waals surface area contributed by atoms with Crippen molar-refractivity contribution in [2.24, 2.45) is 11.3 Å². The van der Waals surface area contributed by atoms with Crippen LogP contribution in [0, 0.1) is 11.3 Å². The van der Waals surface area contributed by atoms with E-state index < -0.39 is 0 Å². The van der Waals surface area contributed by atoms with E-state index in [0.29, 0.717) is 12.0 Å². The largest absolute Gasteiger partial charge is 0.381 e. The first-order valence-electron chi connectivity index (χ1n) is 8.20. The maximum Gasteiger partial charge on any atom is 0.0547 e. The summed E-state index contributed by atoms with van der Waals surface area (Å²) >= 11 is 0. The highest BCUT2D eigenvalue weighted by molar-refractivity contribution is 4.91. The second-order valence-electron chi connectivity index (χ2n) is 8.32. The SMILES string of the molecule is CC(C)CN(CC1(CNC(C)(C)C)CCOC1)C(C)C. The monoisotopic (exact) mass is 284 g/mol. The number of rotatable bonds is 7. The van der Waals surface area contributed by atoms with Gasteiger partial charge in [-0.05, 0) is 47.0 Å². The number of ether oxygens (including phenoxy) is 1.